The van der Waals surface area contributed by atoms with Crippen molar-refractivity contribution in [2.75, 3.05) is 13.2 Å². The zero-order chi connectivity index (χ0) is 16.2. The molecule has 1 fully saturated rings. The predicted octanol–water partition coefficient (Wildman–Crippen LogP) is 2.79. The van der Waals surface area contributed by atoms with Crippen LogP contribution in [0, 0.1) is 17.8 Å². The van der Waals surface area contributed by atoms with Crippen LogP contribution in [0.3, 0.4) is 0 Å². The average Bonchev–Trinajstić information content (AvgIpc) is 3.21. The summed E-state index contributed by atoms with van der Waals surface area (Å²) in [6.07, 6.45) is 6.24. The number of allylic oxidation sites excluding steroid dienone is 2. The molecule has 1 aromatic carbocycles. The molecule has 1 amide bonds. The van der Waals surface area contributed by atoms with E-state index in [1.165, 1.54) is 0 Å². The zero-order valence-electron chi connectivity index (χ0n) is 13.5. The molecule has 1 saturated carbocycles. The lowest BCUT2D eigenvalue weighted by atomic mass is 9.94. The highest BCUT2D eigenvalue weighted by atomic mass is 16.5. The summed E-state index contributed by atoms with van der Waals surface area (Å²) in [6.45, 7) is 2.92. The molecule has 0 unspecified atom stereocenters. The molecule has 0 spiro atoms. The first-order valence-electron chi connectivity index (χ1n) is 8.34. The van der Waals surface area contributed by atoms with Crippen LogP contribution in [0.5, 0.6) is 0 Å². The number of carbonyl (C=O) groups excluding carboxylic acids is 2. The van der Waals surface area contributed by atoms with Gasteiger partial charge in [-0.05, 0) is 37.2 Å². The number of amides is 1. The number of ether oxygens (including phenoxy) is 1. The molecule has 1 aromatic rings. The van der Waals surface area contributed by atoms with E-state index in [1.54, 1.807) is 4.90 Å². The van der Waals surface area contributed by atoms with Gasteiger partial charge in [0, 0.05) is 13.1 Å². The summed E-state index contributed by atoms with van der Waals surface area (Å²) in [5.41, 5.74) is 1.08. The summed E-state index contributed by atoms with van der Waals surface area (Å²) < 4.78 is 5.30. The first-order valence-corrected chi connectivity index (χ1v) is 8.34. The zero-order valence-corrected chi connectivity index (χ0v) is 13.5. The van der Waals surface area contributed by atoms with Gasteiger partial charge in [0.15, 0.2) is 6.61 Å². The summed E-state index contributed by atoms with van der Waals surface area (Å²) >= 11 is 0. The molecular formula is C19H23NO3. The second kappa shape index (κ2) is 6.99. The minimum atomic E-state index is -0.217. The van der Waals surface area contributed by atoms with Crippen molar-refractivity contribution >= 4 is 11.9 Å². The van der Waals surface area contributed by atoms with Crippen molar-refractivity contribution in [2.24, 2.45) is 17.8 Å². The van der Waals surface area contributed by atoms with Crippen molar-refractivity contribution in [2.45, 2.75) is 26.3 Å². The van der Waals surface area contributed by atoms with Crippen molar-refractivity contribution in [1.29, 1.82) is 0 Å². The minimum Gasteiger partial charge on any atom is -0.455 e. The number of rotatable bonds is 6. The van der Waals surface area contributed by atoms with Crippen molar-refractivity contribution < 1.29 is 14.3 Å². The molecule has 23 heavy (non-hydrogen) atoms. The Hall–Kier alpha value is -2.10. The monoisotopic (exact) mass is 313 g/mol. The maximum absolute atomic E-state index is 12.3. The van der Waals surface area contributed by atoms with E-state index in [0.717, 1.165) is 18.4 Å². The summed E-state index contributed by atoms with van der Waals surface area (Å²) in [5.74, 6) is 0.434. The Morgan fingerprint density at radius 3 is 2.57 bits per heavy atom. The van der Waals surface area contributed by atoms with E-state index >= 15 is 0 Å². The SMILES string of the molecule is CCN(Cc1ccccc1)C(=O)COC(=O)[C@@H]1C[C@H]2C=C[C@H]1C2. The Bertz CT molecular complexity index is 596. The van der Waals surface area contributed by atoms with Gasteiger partial charge in [0.05, 0.1) is 5.92 Å². The number of nitrogens with zero attached hydrogens (tertiary/aromatic N) is 1. The highest BCUT2D eigenvalue weighted by Gasteiger charge is 2.40. The number of hydrogen-bond acceptors (Lipinski definition) is 3. The fourth-order valence-electron chi connectivity index (χ4n) is 3.56. The van der Waals surface area contributed by atoms with Crippen LogP contribution < -0.4 is 0 Å². The van der Waals surface area contributed by atoms with Crippen LogP contribution in [0.25, 0.3) is 0 Å². The minimum absolute atomic E-state index is 0.0537. The highest BCUT2D eigenvalue weighted by molar-refractivity contribution is 5.81. The van der Waals surface area contributed by atoms with E-state index in [4.69, 9.17) is 4.74 Å². The van der Waals surface area contributed by atoms with Crippen molar-refractivity contribution in [3.63, 3.8) is 0 Å². The number of carbonyl (C=O) groups is 2. The molecule has 0 heterocycles. The molecule has 4 nitrogen and oxygen atoms in total. The Morgan fingerprint density at radius 1 is 1.17 bits per heavy atom. The second-order valence-electron chi connectivity index (χ2n) is 6.39. The van der Waals surface area contributed by atoms with E-state index in [1.807, 2.05) is 37.3 Å². The van der Waals surface area contributed by atoms with E-state index < -0.39 is 0 Å². The van der Waals surface area contributed by atoms with Crippen molar-refractivity contribution in [1.82, 2.24) is 4.90 Å². The molecular weight excluding hydrogens is 290 g/mol. The Balaban J connectivity index is 1.49. The smallest absolute Gasteiger partial charge is 0.310 e. The third-order valence-corrected chi connectivity index (χ3v) is 4.87. The first kappa shape index (κ1) is 15.8. The lowest BCUT2D eigenvalue weighted by molar-refractivity contribution is -0.156. The molecule has 4 heteroatoms. The van der Waals surface area contributed by atoms with Crippen molar-refractivity contribution in [3.8, 4) is 0 Å². The third kappa shape index (κ3) is 3.63. The maximum atomic E-state index is 12.3. The van der Waals surface area contributed by atoms with E-state index in [-0.39, 0.29) is 24.4 Å². The highest BCUT2D eigenvalue weighted by Crippen LogP contribution is 2.43. The quantitative estimate of drug-likeness (QED) is 0.599. The summed E-state index contributed by atoms with van der Waals surface area (Å²) in [7, 11) is 0. The fraction of sp³-hybridized carbons (Fsp3) is 0.474. The molecule has 0 N–H and O–H groups in total. The second-order valence-corrected chi connectivity index (χ2v) is 6.39. The molecule has 3 rings (SSSR count). The molecule has 0 saturated heterocycles. The van der Waals surface area contributed by atoms with Crippen LogP contribution >= 0.6 is 0 Å². The standard InChI is InChI=1S/C19H23NO3/c1-2-20(12-14-6-4-3-5-7-14)18(21)13-23-19(22)17-11-15-8-9-16(17)10-15/h3-9,15-17H,2,10-13H2,1H3/t15-,16-,17+/m0/s1. The summed E-state index contributed by atoms with van der Waals surface area (Å²) in [5, 5.41) is 0. The van der Waals surface area contributed by atoms with Gasteiger partial charge in [-0.2, -0.15) is 0 Å². The average molecular weight is 313 g/mol. The van der Waals surface area contributed by atoms with Crippen LogP contribution in [-0.2, 0) is 20.9 Å². The van der Waals surface area contributed by atoms with E-state index in [0.29, 0.717) is 24.9 Å². The van der Waals surface area contributed by atoms with Gasteiger partial charge in [-0.3, -0.25) is 9.59 Å². The number of benzene rings is 1. The topological polar surface area (TPSA) is 46.6 Å². The number of likely N-dealkylation sites (N-methyl/N-ethyl adjacent to an activating group) is 1. The van der Waals surface area contributed by atoms with Crippen molar-refractivity contribution in [3.05, 3.63) is 48.0 Å². The number of esters is 1. The van der Waals surface area contributed by atoms with Gasteiger partial charge < -0.3 is 9.64 Å². The van der Waals surface area contributed by atoms with Gasteiger partial charge in [-0.25, -0.2) is 0 Å². The van der Waals surface area contributed by atoms with Crippen LogP contribution in [0.15, 0.2) is 42.5 Å². The van der Waals surface area contributed by atoms with E-state index in [9.17, 15) is 9.59 Å². The lowest BCUT2D eigenvalue weighted by Crippen LogP contribution is -2.35. The molecule has 0 radical (unpaired) electrons. The molecule has 2 aliphatic rings. The lowest BCUT2D eigenvalue weighted by Gasteiger charge is -2.22. The summed E-state index contributed by atoms with van der Waals surface area (Å²) in [6, 6.07) is 9.84. The van der Waals surface area contributed by atoms with Gasteiger partial charge in [0.1, 0.15) is 0 Å². The molecule has 3 atom stereocenters. The van der Waals surface area contributed by atoms with Crippen LogP contribution in [0.2, 0.25) is 0 Å². The van der Waals surface area contributed by atoms with Gasteiger partial charge in [-0.15, -0.1) is 0 Å². The molecule has 2 bridgehead atoms. The Morgan fingerprint density at radius 2 is 1.96 bits per heavy atom. The number of fused-ring (bicyclic) bond motifs is 2. The molecule has 122 valence electrons. The summed E-state index contributed by atoms with van der Waals surface area (Å²) in [4.78, 5) is 26.2. The largest absolute Gasteiger partial charge is 0.455 e. The fourth-order valence-corrected chi connectivity index (χ4v) is 3.56. The maximum Gasteiger partial charge on any atom is 0.310 e. The Kier molecular flexibility index (Phi) is 4.79. The van der Waals surface area contributed by atoms with Gasteiger partial charge in [0.25, 0.3) is 5.91 Å². The van der Waals surface area contributed by atoms with Gasteiger partial charge in [-0.1, -0.05) is 42.5 Å². The number of hydrogen-bond donors (Lipinski definition) is 0. The van der Waals surface area contributed by atoms with E-state index in [2.05, 4.69) is 12.2 Å². The normalized spacial score (nSPS) is 24.7. The molecule has 2 aliphatic carbocycles. The van der Waals surface area contributed by atoms with Crippen LogP contribution in [-0.4, -0.2) is 29.9 Å². The third-order valence-electron chi connectivity index (χ3n) is 4.87. The van der Waals surface area contributed by atoms with Gasteiger partial charge >= 0.3 is 5.97 Å². The van der Waals surface area contributed by atoms with Crippen LogP contribution in [0.1, 0.15) is 25.3 Å². The predicted molar refractivity (Wildman–Crippen MR) is 87.3 cm³/mol. The first-order chi connectivity index (χ1) is 11.2. The molecule has 0 aliphatic heterocycles. The molecule has 0 aromatic heterocycles. The van der Waals surface area contributed by atoms with Crippen LogP contribution in [0.4, 0.5) is 0 Å². The van der Waals surface area contributed by atoms with Gasteiger partial charge in [0.2, 0.25) is 0 Å². The Labute approximate surface area is 137 Å².